The highest BCUT2D eigenvalue weighted by molar-refractivity contribution is 9.10. The molecule has 0 bridgehead atoms. The van der Waals surface area contributed by atoms with Crippen molar-refractivity contribution in [3.8, 4) is 11.5 Å². The molecule has 0 radical (unpaired) electrons. The molecular formula is C21H21BrN2O6. The van der Waals surface area contributed by atoms with Gasteiger partial charge in [0.15, 0.2) is 5.78 Å². The van der Waals surface area contributed by atoms with Crippen LogP contribution in [-0.4, -0.2) is 44.4 Å². The lowest BCUT2D eigenvalue weighted by Crippen LogP contribution is -2.14. The highest BCUT2D eigenvalue weighted by Crippen LogP contribution is 2.29. The molecule has 9 heteroatoms. The molecule has 0 aromatic heterocycles. The minimum absolute atomic E-state index is 0.150. The number of hydrogen-bond acceptors (Lipinski definition) is 8. The summed E-state index contributed by atoms with van der Waals surface area (Å²) in [5.41, 5.74) is 3.50. The van der Waals surface area contributed by atoms with E-state index in [1.807, 2.05) is 0 Å². The number of aliphatic hydroxyl groups is 1. The quantitative estimate of drug-likeness (QED) is 0.141. The van der Waals surface area contributed by atoms with Crippen molar-refractivity contribution in [3.63, 3.8) is 0 Å². The van der Waals surface area contributed by atoms with Crippen molar-refractivity contribution in [2.45, 2.75) is 6.42 Å². The molecule has 0 fully saturated rings. The Balaban J connectivity index is 2.35. The third-order valence-corrected chi connectivity index (χ3v) is 4.52. The molecule has 0 saturated heterocycles. The smallest absolute Gasteiger partial charge is 0.313 e. The number of Topliss-reactive ketones (excluding diaryl/α,β-unsaturated/α-hetero) is 1. The molecule has 0 aliphatic rings. The second kappa shape index (κ2) is 11.0. The average molecular weight is 477 g/mol. The number of methoxy groups -OCH3 is 3. The van der Waals surface area contributed by atoms with Crippen molar-refractivity contribution >= 4 is 45.3 Å². The molecule has 158 valence electrons. The van der Waals surface area contributed by atoms with Gasteiger partial charge >= 0.3 is 5.97 Å². The Morgan fingerprint density at radius 3 is 2.40 bits per heavy atom. The van der Waals surface area contributed by atoms with E-state index in [1.54, 1.807) is 42.5 Å². The number of hydrogen-bond donors (Lipinski definition) is 2. The van der Waals surface area contributed by atoms with E-state index >= 15 is 0 Å². The molecule has 0 atom stereocenters. The first-order chi connectivity index (χ1) is 14.4. The summed E-state index contributed by atoms with van der Waals surface area (Å²) in [4.78, 5) is 24.1. The average Bonchev–Trinajstić information content (AvgIpc) is 2.76. The maximum Gasteiger partial charge on any atom is 0.313 e. The van der Waals surface area contributed by atoms with Crippen molar-refractivity contribution in [3.05, 3.63) is 58.1 Å². The topological polar surface area (TPSA) is 106 Å². The maximum absolute atomic E-state index is 12.6. The van der Waals surface area contributed by atoms with Crippen LogP contribution in [0.4, 0.5) is 5.69 Å². The molecule has 2 N–H and O–H groups in total. The second-order valence-electron chi connectivity index (χ2n) is 5.88. The molecule has 0 heterocycles. The lowest BCUT2D eigenvalue weighted by Gasteiger charge is -2.10. The number of nitrogens with zero attached hydrogens (tertiary/aromatic N) is 1. The number of carbonyl (C=O) groups excluding carboxylic acids is 2. The second-order valence-corrected chi connectivity index (χ2v) is 6.80. The first kappa shape index (κ1) is 23.0. The van der Waals surface area contributed by atoms with Gasteiger partial charge in [0.2, 0.25) is 0 Å². The van der Waals surface area contributed by atoms with Gasteiger partial charge in [-0.25, -0.2) is 0 Å². The summed E-state index contributed by atoms with van der Waals surface area (Å²) >= 11 is 3.31. The van der Waals surface area contributed by atoms with Crippen LogP contribution in [0.2, 0.25) is 0 Å². The number of ketones is 1. The Hall–Kier alpha value is -3.33. The zero-order valence-corrected chi connectivity index (χ0v) is 18.2. The van der Waals surface area contributed by atoms with Gasteiger partial charge in [-0.2, -0.15) is 5.10 Å². The Morgan fingerprint density at radius 2 is 1.80 bits per heavy atom. The Bertz CT molecular complexity index is 970. The summed E-state index contributed by atoms with van der Waals surface area (Å²) in [5, 5.41) is 14.7. The van der Waals surface area contributed by atoms with E-state index in [0.717, 1.165) is 10.7 Å². The lowest BCUT2D eigenvalue weighted by atomic mass is 10.0. The van der Waals surface area contributed by atoms with E-state index in [0.29, 0.717) is 22.7 Å². The normalized spacial score (nSPS) is 11.6. The summed E-state index contributed by atoms with van der Waals surface area (Å²) in [6.07, 6.45) is 0.608. The number of ether oxygens (including phenoxy) is 3. The van der Waals surface area contributed by atoms with Gasteiger partial charge in [0.05, 0.1) is 38.8 Å². The highest BCUT2D eigenvalue weighted by Gasteiger charge is 2.19. The van der Waals surface area contributed by atoms with E-state index in [9.17, 15) is 14.7 Å². The third kappa shape index (κ3) is 6.08. The summed E-state index contributed by atoms with van der Waals surface area (Å²) in [5.74, 6) is -0.615. The predicted molar refractivity (Wildman–Crippen MR) is 117 cm³/mol. The zero-order chi connectivity index (χ0) is 22.1. The van der Waals surface area contributed by atoms with Crippen LogP contribution in [0.5, 0.6) is 11.5 Å². The van der Waals surface area contributed by atoms with Crippen molar-refractivity contribution in [2.75, 3.05) is 26.8 Å². The minimum Gasteiger partial charge on any atom is -0.507 e. The molecule has 0 unspecified atom stereocenters. The first-order valence-corrected chi connectivity index (χ1v) is 9.49. The Morgan fingerprint density at radius 1 is 1.10 bits per heavy atom. The van der Waals surface area contributed by atoms with E-state index in [4.69, 9.17) is 9.47 Å². The number of anilines is 1. The van der Waals surface area contributed by atoms with Gasteiger partial charge < -0.3 is 19.3 Å². The molecule has 30 heavy (non-hydrogen) atoms. The SMILES string of the molecule is COC(=O)CC(=O)C(/C=N/Nc1ccc(OC)cc1OC)=C(/O)c1ccc(Br)cc1. The van der Waals surface area contributed by atoms with Crippen LogP contribution in [0, 0.1) is 0 Å². The molecule has 8 nitrogen and oxygen atoms in total. The predicted octanol–water partition coefficient (Wildman–Crippen LogP) is 3.97. The van der Waals surface area contributed by atoms with Gasteiger partial charge in [0.1, 0.15) is 23.7 Å². The van der Waals surface area contributed by atoms with Crippen molar-refractivity contribution in [2.24, 2.45) is 5.10 Å². The van der Waals surface area contributed by atoms with Crippen LogP contribution in [0.25, 0.3) is 5.76 Å². The third-order valence-electron chi connectivity index (χ3n) is 3.99. The van der Waals surface area contributed by atoms with Gasteiger partial charge in [-0.15, -0.1) is 0 Å². The van der Waals surface area contributed by atoms with Gasteiger partial charge in [-0.3, -0.25) is 15.0 Å². The largest absolute Gasteiger partial charge is 0.507 e. The fourth-order valence-corrected chi connectivity index (χ4v) is 2.65. The molecule has 0 saturated carbocycles. The van der Waals surface area contributed by atoms with Crippen molar-refractivity contribution in [1.82, 2.24) is 0 Å². The van der Waals surface area contributed by atoms with Crippen molar-refractivity contribution in [1.29, 1.82) is 0 Å². The van der Waals surface area contributed by atoms with E-state index < -0.39 is 18.2 Å². The van der Waals surface area contributed by atoms with Gasteiger partial charge in [-0.1, -0.05) is 28.1 Å². The zero-order valence-electron chi connectivity index (χ0n) is 16.6. The number of carbonyl (C=O) groups is 2. The van der Waals surface area contributed by atoms with Crippen LogP contribution in [0.3, 0.4) is 0 Å². The minimum atomic E-state index is -0.723. The van der Waals surface area contributed by atoms with Crippen LogP contribution in [0.15, 0.2) is 57.6 Å². The standard InChI is InChI=1S/C21H21BrN2O6/c1-28-15-8-9-17(19(10-15)29-2)24-23-12-16(18(25)11-20(26)30-3)21(27)13-4-6-14(22)7-5-13/h4-10,12,24,27H,11H2,1-3H3/b21-16+,23-12+. The number of rotatable bonds is 9. The summed E-state index contributed by atoms with van der Waals surface area (Å²) in [7, 11) is 4.21. The Kier molecular flexibility index (Phi) is 8.42. The van der Waals surface area contributed by atoms with Gasteiger partial charge in [-0.05, 0) is 24.3 Å². The van der Waals surface area contributed by atoms with E-state index in [-0.39, 0.29) is 11.3 Å². The summed E-state index contributed by atoms with van der Waals surface area (Å²) < 4.78 is 15.8. The fraction of sp³-hybridized carbons (Fsp3) is 0.190. The number of aliphatic hydroxyl groups excluding tert-OH is 1. The molecule has 0 aliphatic heterocycles. The van der Waals surface area contributed by atoms with Crippen LogP contribution in [0.1, 0.15) is 12.0 Å². The number of allylic oxidation sites excluding steroid dienone is 1. The first-order valence-electron chi connectivity index (χ1n) is 8.69. The fourth-order valence-electron chi connectivity index (χ4n) is 2.38. The molecule has 2 rings (SSSR count). The van der Waals surface area contributed by atoms with E-state index in [1.165, 1.54) is 21.3 Å². The molecule has 0 spiro atoms. The van der Waals surface area contributed by atoms with Gasteiger partial charge in [0.25, 0.3) is 0 Å². The summed E-state index contributed by atoms with van der Waals surface area (Å²) in [6.45, 7) is 0. The number of hydrazone groups is 1. The molecular weight excluding hydrogens is 456 g/mol. The summed E-state index contributed by atoms with van der Waals surface area (Å²) in [6, 6.07) is 11.7. The number of halogens is 1. The number of benzene rings is 2. The molecule has 0 amide bonds. The van der Waals surface area contributed by atoms with E-state index in [2.05, 4.69) is 31.2 Å². The molecule has 0 aliphatic carbocycles. The van der Waals surface area contributed by atoms with Crippen LogP contribution in [-0.2, 0) is 14.3 Å². The number of esters is 1. The molecule has 2 aromatic carbocycles. The monoisotopic (exact) mass is 476 g/mol. The highest BCUT2D eigenvalue weighted by atomic mass is 79.9. The van der Waals surface area contributed by atoms with Gasteiger partial charge in [0, 0.05) is 16.1 Å². The molecule has 2 aromatic rings. The van der Waals surface area contributed by atoms with Crippen molar-refractivity contribution < 1.29 is 28.9 Å². The van der Waals surface area contributed by atoms with Crippen LogP contribution >= 0.6 is 15.9 Å². The lowest BCUT2D eigenvalue weighted by molar-refractivity contribution is -0.142. The number of nitrogens with one attached hydrogen (secondary N) is 1. The maximum atomic E-state index is 12.6. The van der Waals surface area contributed by atoms with Crippen LogP contribution < -0.4 is 14.9 Å². The Labute approximate surface area is 182 Å².